The van der Waals surface area contributed by atoms with Crippen molar-refractivity contribution in [3.05, 3.63) is 49.9 Å². The fraction of sp³-hybridized carbons (Fsp3) is 0.429. The molecule has 9 heteroatoms. The zero-order valence-corrected chi connectivity index (χ0v) is 17.4. The van der Waals surface area contributed by atoms with E-state index in [2.05, 4.69) is 5.32 Å². The number of nitrogens with one attached hydrogen (secondary N) is 1. The third-order valence-electron chi connectivity index (χ3n) is 5.78. The molecule has 0 spiro atoms. The maximum atomic E-state index is 12.9. The maximum Gasteiger partial charge on any atom is 0.293 e. The zero-order chi connectivity index (χ0) is 21.3. The minimum Gasteiger partial charge on any atom is -0.366 e. The van der Waals surface area contributed by atoms with Crippen molar-refractivity contribution in [2.75, 3.05) is 23.3 Å². The molecule has 1 fully saturated rings. The molecular weight excluding hydrogens is 404 g/mol. The largest absolute Gasteiger partial charge is 0.366 e. The molecule has 0 saturated carbocycles. The van der Waals surface area contributed by atoms with E-state index < -0.39 is 16.7 Å². The molecule has 0 bridgehead atoms. The predicted octanol–water partition coefficient (Wildman–Crippen LogP) is 3.88. The number of amides is 2. The number of primary amides is 1. The monoisotopic (exact) mass is 428 g/mol. The number of fused-ring (bicyclic) bond motifs is 1. The van der Waals surface area contributed by atoms with Gasteiger partial charge in [0.2, 0.25) is 0 Å². The number of nitro groups is 1. The molecule has 3 N–H and O–H groups in total. The van der Waals surface area contributed by atoms with Crippen LogP contribution in [0.15, 0.2) is 18.2 Å². The number of thiophene rings is 1. The van der Waals surface area contributed by atoms with E-state index in [0.29, 0.717) is 16.3 Å². The van der Waals surface area contributed by atoms with Crippen molar-refractivity contribution in [2.45, 2.75) is 44.9 Å². The van der Waals surface area contributed by atoms with Gasteiger partial charge in [-0.25, -0.2) is 0 Å². The summed E-state index contributed by atoms with van der Waals surface area (Å²) in [7, 11) is 0. The molecule has 2 amide bonds. The van der Waals surface area contributed by atoms with Crippen molar-refractivity contribution in [1.82, 2.24) is 0 Å². The number of anilines is 2. The van der Waals surface area contributed by atoms with Gasteiger partial charge in [0.1, 0.15) is 10.7 Å². The van der Waals surface area contributed by atoms with Crippen molar-refractivity contribution in [2.24, 2.45) is 5.73 Å². The lowest BCUT2D eigenvalue weighted by molar-refractivity contribution is -0.384. The molecular formula is C21H24N4O4S. The standard InChI is InChI=1S/C21H24N4O4S/c22-19(26)18-14-6-2-1-3-7-17(14)30-21(18)23-20(27)13-8-9-15(16(12-13)25(28)29)24-10-4-5-11-24/h8-9,12H,1-7,10-11H2,(H2,22,26)(H,23,27). The highest BCUT2D eigenvalue weighted by molar-refractivity contribution is 7.17. The Morgan fingerprint density at radius 3 is 2.53 bits per heavy atom. The first kappa shape index (κ1) is 20.3. The van der Waals surface area contributed by atoms with Crippen LogP contribution in [-0.4, -0.2) is 29.8 Å². The molecule has 158 valence electrons. The molecule has 1 saturated heterocycles. The van der Waals surface area contributed by atoms with Gasteiger partial charge < -0.3 is 16.0 Å². The summed E-state index contributed by atoms with van der Waals surface area (Å²) in [5, 5.41) is 14.8. The summed E-state index contributed by atoms with van der Waals surface area (Å²) < 4.78 is 0. The molecule has 1 aliphatic carbocycles. The second kappa shape index (κ2) is 8.43. The Labute approximate surface area is 178 Å². The van der Waals surface area contributed by atoms with E-state index in [1.165, 1.54) is 17.4 Å². The van der Waals surface area contributed by atoms with Gasteiger partial charge in [0.05, 0.1) is 10.5 Å². The molecule has 0 unspecified atom stereocenters. The van der Waals surface area contributed by atoms with Crippen molar-refractivity contribution in [3.63, 3.8) is 0 Å². The Bertz CT molecular complexity index is 1010. The van der Waals surface area contributed by atoms with E-state index in [1.807, 2.05) is 4.90 Å². The van der Waals surface area contributed by atoms with Crippen LogP contribution in [0.4, 0.5) is 16.4 Å². The minimum absolute atomic E-state index is 0.0818. The van der Waals surface area contributed by atoms with Crippen molar-refractivity contribution < 1.29 is 14.5 Å². The molecule has 1 aliphatic heterocycles. The first-order valence-electron chi connectivity index (χ1n) is 10.2. The third kappa shape index (κ3) is 3.89. The summed E-state index contributed by atoms with van der Waals surface area (Å²) in [5.41, 5.74) is 7.59. The Morgan fingerprint density at radius 2 is 1.83 bits per heavy atom. The van der Waals surface area contributed by atoms with Crippen LogP contribution < -0.4 is 16.0 Å². The average Bonchev–Trinajstić information content (AvgIpc) is 3.30. The number of carbonyl (C=O) groups excluding carboxylic acids is 2. The van der Waals surface area contributed by atoms with Gasteiger partial charge in [0.15, 0.2) is 0 Å². The second-order valence-corrected chi connectivity index (χ2v) is 8.85. The van der Waals surface area contributed by atoms with Gasteiger partial charge in [-0.15, -0.1) is 11.3 Å². The number of benzene rings is 1. The van der Waals surface area contributed by atoms with Crippen LogP contribution in [0.2, 0.25) is 0 Å². The van der Waals surface area contributed by atoms with Crippen LogP contribution in [0.3, 0.4) is 0 Å². The van der Waals surface area contributed by atoms with Gasteiger partial charge in [0, 0.05) is 29.6 Å². The van der Waals surface area contributed by atoms with Gasteiger partial charge >= 0.3 is 0 Å². The molecule has 30 heavy (non-hydrogen) atoms. The van der Waals surface area contributed by atoms with Crippen LogP contribution in [0.5, 0.6) is 0 Å². The topological polar surface area (TPSA) is 119 Å². The molecule has 0 radical (unpaired) electrons. The van der Waals surface area contributed by atoms with E-state index in [0.717, 1.165) is 68.5 Å². The van der Waals surface area contributed by atoms with E-state index in [4.69, 9.17) is 5.73 Å². The number of hydrogen-bond donors (Lipinski definition) is 2. The molecule has 8 nitrogen and oxygen atoms in total. The zero-order valence-electron chi connectivity index (χ0n) is 16.6. The van der Waals surface area contributed by atoms with Gasteiger partial charge in [-0.05, 0) is 56.2 Å². The van der Waals surface area contributed by atoms with Crippen LogP contribution in [-0.2, 0) is 12.8 Å². The summed E-state index contributed by atoms with van der Waals surface area (Å²) in [6.45, 7) is 1.55. The van der Waals surface area contributed by atoms with E-state index >= 15 is 0 Å². The number of nitrogens with zero attached hydrogens (tertiary/aromatic N) is 2. The van der Waals surface area contributed by atoms with E-state index in [9.17, 15) is 19.7 Å². The number of carbonyl (C=O) groups is 2. The lowest BCUT2D eigenvalue weighted by Gasteiger charge is -2.17. The summed E-state index contributed by atoms with van der Waals surface area (Å²) in [4.78, 5) is 39.2. The number of rotatable bonds is 5. The molecule has 4 rings (SSSR count). The number of nitro benzene ring substituents is 1. The Morgan fingerprint density at radius 1 is 1.10 bits per heavy atom. The molecule has 1 aromatic heterocycles. The van der Waals surface area contributed by atoms with Crippen LogP contribution in [0, 0.1) is 10.1 Å². The predicted molar refractivity (Wildman–Crippen MR) is 117 cm³/mol. The maximum absolute atomic E-state index is 12.9. The minimum atomic E-state index is -0.555. The Kier molecular flexibility index (Phi) is 5.72. The van der Waals surface area contributed by atoms with Crippen LogP contribution >= 0.6 is 11.3 Å². The molecule has 1 aromatic carbocycles. The molecule has 2 aromatic rings. The van der Waals surface area contributed by atoms with Gasteiger partial charge in [-0.2, -0.15) is 0 Å². The van der Waals surface area contributed by atoms with Crippen LogP contribution in [0.1, 0.15) is 63.3 Å². The first-order valence-corrected chi connectivity index (χ1v) is 11.1. The normalized spacial score (nSPS) is 16.1. The van der Waals surface area contributed by atoms with Crippen LogP contribution in [0.25, 0.3) is 0 Å². The van der Waals surface area contributed by atoms with Crippen molar-refractivity contribution in [3.8, 4) is 0 Å². The fourth-order valence-electron chi connectivity index (χ4n) is 4.30. The Hall–Kier alpha value is -2.94. The smallest absolute Gasteiger partial charge is 0.293 e. The van der Waals surface area contributed by atoms with Crippen molar-refractivity contribution >= 4 is 39.5 Å². The molecule has 2 heterocycles. The highest BCUT2D eigenvalue weighted by Crippen LogP contribution is 2.38. The highest BCUT2D eigenvalue weighted by Gasteiger charge is 2.27. The lowest BCUT2D eigenvalue weighted by Crippen LogP contribution is -2.20. The van der Waals surface area contributed by atoms with Gasteiger partial charge in [-0.1, -0.05) is 6.42 Å². The quantitative estimate of drug-likeness (QED) is 0.426. The molecule has 0 atom stereocenters. The van der Waals surface area contributed by atoms with Crippen molar-refractivity contribution in [1.29, 1.82) is 0 Å². The first-order chi connectivity index (χ1) is 14.5. The average molecular weight is 429 g/mol. The lowest BCUT2D eigenvalue weighted by atomic mass is 10.0. The van der Waals surface area contributed by atoms with Gasteiger partial charge in [0.25, 0.3) is 17.5 Å². The van der Waals surface area contributed by atoms with E-state index in [-0.39, 0.29) is 11.3 Å². The summed E-state index contributed by atoms with van der Waals surface area (Å²) >= 11 is 1.39. The summed E-state index contributed by atoms with van der Waals surface area (Å²) in [6.07, 6.45) is 6.78. The Balaban J connectivity index is 1.63. The summed E-state index contributed by atoms with van der Waals surface area (Å²) in [6, 6.07) is 4.54. The second-order valence-electron chi connectivity index (χ2n) is 7.74. The van der Waals surface area contributed by atoms with Gasteiger partial charge in [-0.3, -0.25) is 19.7 Å². The number of aryl methyl sites for hydroxylation is 1. The highest BCUT2D eigenvalue weighted by atomic mass is 32.1. The number of hydrogen-bond acceptors (Lipinski definition) is 6. The molecule has 2 aliphatic rings. The third-order valence-corrected chi connectivity index (χ3v) is 6.98. The van der Waals surface area contributed by atoms with E-state index in [1.54, 1.807) is 12.1 Å². The summed E-state index contributed by atoms with van der Waals surface area (Å²) in [5.74, 6) is -1.04. The fourth-order valence-corrected chi connectivity index (χ4v) is 5.59. The SMILES string of the molecule is NC(=O)c1c(NC(=O)c2ccc(N3CCCC3)c([N+](=O)[O-])c2)sc2c1CCCCC2. The number of nitrogens with two attached hydrogens (primary N) is 1.